The van der Waals surface area contributed by atoms with Crippen molar-refractivity contribution in [1.82, 2.24) is 9.97 Å². The van der Waals surface area contributed by atoms with Crippen LogP contribution in [0.5, 0.6) is 11.6 Å². The molecule has 0 radical (unpaired) electrons. The van der Waals surface area contributed by atoms with E-state index in [2.05, 4.69) is 27.7 Å². The summed E-state index contributed by atoms with van der Waals surface area (Å²) in [5.41, 5.74) is 1.24. The second-order valence-corrected chi connectivity index (χ2v) is 8.30. The number of hydrogen-bond acceptors (Lipinski definition) is 6. The zero-order valence-corrected chi connectivity index (χ0v) is 17.9. The molecule has 4 aromatic rings. The number of ether oxygens (including phenoxy) is 1. The highest BCUT2D eigenvalue weighted by Gasteiger charge is 2.18. The Balaban J connectivity index is 1.79. The molecule has 0 fully saturated rings. The number of benzene rings is 1. The highest BCUT2D eigenvalue weighted by atomic mass is 32.1. The molecule has 7 heteroatoms. The summed E-state index contributed by atoms with van der Waals surface area (Å²) in [6.45, 7) is 11.3. The van der Waals surface area contributed by atoms with Gasteiger partial charge in [0.25, 0.3) is 0 Å². The van der Waals surface area contributed by atoms with Gasteiger partial charge in [-0.15, -0.1) is 11.3 Å². The van der Waals surface area contributed by atoms with Gasteiger partial charge in [0.1, 0.15) is 22.7 Å². The molecule has 0 amide bonds. The number of rotatable bonds is 6. The molecule has 1 N–H and O–H groups in total. The van der Waals surface area contributed by atoms with Gasteiger partial charge >= 0.3 is 5.63 Å². The second kappa shape index (κ2) is 7.93. The fraction of sp³-hybridized carbons (Fsp3) is 0.318. The largest absolute Gasteiger partial charge is 0.438 e. The third kappa shape index (κ3) is 3.88. The van der Waals surface area contributed by atoms with Crippen molar-refractivity contribution in [1.29, 1.82) is 0 Å². The van der Waals surface area contributed by atoms with Gasteiger partial charge in [-0.3, -0.25) is 0 Å². The summed E-state index contributed by atoms with van der Waals surface area (Å²) in [6, 6.07) is 8.62. The van der Waals surface area contributed by atoms with Gasteiger partial charge < -0.3 is 14.1 Å². The molecule has 0 aliphatic heterocycles. The summed E-state index contributed by atoms with van der Waals surface area (Å²) < 4.78 is 11.5. The number of hydrogen-bond donors (Lipinski definition) is 1. The van der Waals surface area contributed by atoms with E-state index in [4.69, 9.17) is 19.1 Å². The SMILES string of the molecule is CC[NH+](CC)Cc1nc(Oc2ccc3ccc(=O)oc3c2)c2c(C)c(C)sc2n1. The Morgan fingerprint density at radius 2 is 1.86 bits per heavy atom. The summed E-state index contributed by atoms with van der Waals surface area (Å²) in [5, 5.41) is 1.79. The molecule has 1 aromatic carbocycles. The van der Waals surface area contributed by atoms with Gasteiger partial charge in [-0.1, -0.05) is 0 Å². The lowest BCUT2D eigenvalue weighted by molar-refractivity contribution is -0.910. The fourth-order valence-corrected chi connectivity index (χ4v) is 4.39. The average Bonchev–Trinajstić information content (AvgIpc) is 2.99. The molecule has 0 atom stereocenters. The van der Waals surface area contributed by atoms with Crippen LogP contribution in [0.2, 0.25) is 0 Å². The Bertz CT molecular complexity index is 1240. The first-order valence-corrected chi connectivity index (χ1v) is 10.6. The average molecular weight is 411 g/mol. The van der Waals surface area contributed by atoms with E-state index >= 15 is 0 Å². The normalized spacial score (nSPS) is 11.6. The van der Waals surface area contributed by atoms with Gasteiger partial charge in [0, 0.05) is 22.4 Å². The highest BCUT2D eigenvalue weighted by molar-refractivity contribution is 7.18. The van der Waals surface area contributed by atoms with Crippen LogP contribution in [0.3, 0.4) is 0 Å². The molecule has 29 heavy (non-hydrogen) atoms. The number of aromatic nitrogens is 2. The summed E-state index contributed by atoms with van der Waals surface area (Å²) in [6.07, 6.45) is 0. The Morgan fingerprint density at radius 1 is 1.10 bits per heavy atom. The van der Waals surface area contributed by atoms with E-state index in [-0.39, 0.29) is 5.63 Å². The lowest BCUT2D eigenvalue weighted by atomic mass is 10.2. The molecule has 4 rings (SSSR count). The predicted molar refractivity (Wildman–Crippen MR) is 115 cm³/mol. The van der Waals surface area contributed by atoms with Crippen molar-refractivity contribution in [2.24, 2.45) is 0 Å². The molecule has 150 valence electrons. The van der Waals surface area contributed by atoms with Crippen LogP contribution in [0.1, 0.15) is 30.1 Å². The third-order valence-corrected chi connectivity index (χ3v) is 6.36. The van der Waals surface area contributed by atoms with E-state index in [9.17, 15) is 4.79 Å². The predicted octanol–water partition coefficient (Wildman–Crippen LogP) is 3.63. The van der Waals surface area contributed by atoms with Gasteiger partial charge in [-0.2, -0.15) is 4.98 Å². The lowest BCUT2D eigenvalue weighted by Crippen LogP contribution is -3.10. The van der Waals surface area contributed by atoms with Gasteiger partial charge in [0.15, 0.2) is 5.82 Å². The van der Waals surface area contributed by atoms with Crippen molar-refractivity contribution in [2.75, 3.05) is 13.1 Å². The Kier molecular flexibility index (Phi) is 5.34. The van der Waals surface area contributed by atoms with Crippen molar-refractivity contribution in [3.8, 4) is 11.6 Å². The Labute approximate surface area is 172 Å². The van der Waals surface area contributed by atoms with E-state index < -0.39 is 0 Å². The van der Waals surface area contributed by atoms with Gasteiger partial charge in [-0.05, 0) is 51.5 Å². The maximum atomic E-state index is 11.6. The molecule has 0 saturated carbocycles. The second-order valence-electron chi connectivity index (χ2n) is 7.10. The van der Waals surface area contributed by atoms with E-state index in [1.54, 1.807) is 23.5 Å². The minimum atomic E-state index is -0.382. The van der Waals surface area contributed by atoms with Crippen LogP contribution in [-0.2, 0) is 6.54 Å². The van der Waals surface area contributed by atoms with Gasteiger partial charge in [0.05, 0.1) is 18.5 Å². The minimum absolute atomic E-state index is 0.382. The molecule has 3 heterocycles. The van der Waals surface area contributed by atoms with E-state index in [0.717, 1.165) is 46.6 Å². The van der Waals surface area contributed by atoms with Crippen LogP contribution >= 0.6 is 11.3 Å². The van der Waals surface area contributed by atoms with Crippen molar-refractivity contribution >= 4 is 32.5 Å². The summed E-state index contributed by atoms with van der Waals surface area (Å²) >= 11 is 1.66. The summed E-state index contributed by atoms with van der Waals surface area (Å²) in [5.74, 6) is 1.91. The molecule has 0 unspecified atom stereocenters. The fourth-order valence-electron chi connectivity index (χ4n) is 3.35. The van der Waals surface area contributed by atoms with Crippen molar-refractivity contribution < 1.29 is 14.1 Å². The highest BCUT2D eigenvalue weighted by Crippen LogP contribution is 2.36. The van der Waals surface area contributed by atoms with E-state index in [1.807, 2.05) is 12.1 Å². The molecule has 0 aliphatic rings. The third-order valence-electron chi connectivity index (χ3n) is 5.26. The van der Waals surface area contributed by atoms with E-state index in [1.165, 1.54) is 15.8 Å². The standard InChI is InChI=1S/C22H23N3O3S/c1-5-25(6-2)12-18-23-21(20-13(3)14(4)29-22(20)24-18)27-16-9-7-15-8-10-19(26)28-17(15)11-16/h7-11H,5-6,12H2,1-4H3/p+1. The smallest absolute Gasteiger partial charge is 0.336 e. The van der Waals surface area contributed by atoms with E-state index in [0.29, 0.717) is 17.2 Å². The van der Waals surface area contributed by atoms with Crippen molar-refractivity contribution in [2.45, 2.75) is 34.2 Å². The molecular formula is C22H24N3O3S+. The first kappa shape index (κ1) is 19.5. The number of thiophene rings is 1. The van der Waals surface area contributed by atoms with Crippen LogP contribution < -0.4 is 15.3 Å². The molecule has 0 bridgehead atoms. The van der Waals surface area contributed by atoms with Crippen LogP contribution in [0.4, 0.5) is 0 Å². The quantitative estimate of drug-likeness (QED) is 0.492. The Morgan fingerprint density at radius 3 is 2.62 bits per heavy atom. The molecule has 0 spiro atoms. The maximum absolute atomic E-state index is 11.6. The van der Waals surface area contributed by atoms with Crippen LogP contribution in [0, 0.1) is 13.8 Å². The number of quaternary nitrogens is 1. The zero-order chi connectivity index (χ0) is 20.5. The van der Waals surface area contributed by atoms with Gasteiger partial charge in [0.2, 0.25) is 5.88 Å². The zero-order valence-electron chi connectivity index (χ0n) is 17.0. The summed E-state index contributed by atoms with van der Waals surface area (Å²) in [7, 11) is 0. The monoisotopic (exact) mass is 410 g/mol. The van der Waals surface area contributed by atoms with Crippen molar-refractivity contribution in [3.63, 3.8) is 0 Å². The number of nitrogens with zero attached hydrogens (tertiary/aromatic N) is 2. The number of aryl methyl sites for hydroxylation is 2. The van der Waals surface area contributed by atoms with Crippen LogP contribution in [0.15, 0.2) is 39.5 Å². The molecular weight excluding hydrogens is 386 g/mol. The minimum Gasteiger partial charge on any atom is -0.438 e. The maximum Gasteiger partial charge on any atom is 0.336 e. The lowest BCUT2D eigenvalue weighted by Gasteiger charge is -2.15. The molecule has 3 aromatic heterocycles. The topological polar surface area (TPSA) is 69.7 Å². The Hall–Kier alpha value is -2.77. The number of nitrogens with one attached hydrogen (secondary N) is 1. The summed E-state index contributed by atoms with van der Waals surface area (Å²) in [4.78, 5) is 24.7. The molecule has 6 nitrogen and oxygen atoms in total. The molecule has 0 aliphatic carbocycles. The first-order valence-electron chi connectivity index (χ1n) is 9.80. The van der Waals surface area contributed by atoms with Crippen LogP contribution in [0.25, 0.3) is 21.2 Å². The van der Waals surface area contributed by atoms with Crippen molar-refractivity contribution in [3.05, 3.63) is 57.0 Å². The van der Waals surface area contributed by atoms with Crippen LogP contribution in [-0.4, -0.2) is 23.1 Å². The first-order chi connectivity index (χ1) is 14.0. The van der Waals surface area contributed by atoms with Gasteiger partial charge in [-0.25, -0.2) is 9.78 Å². The molecule has 0 saturated heterocycles. The number of fused-ring (bicyclic) bond motifs is 2.